The van der Waals surface area contributed by atoms with Crippen molar-refractivity contribution in [2.24, 2.45) is 5.92 Å². The van der Waals surface area contributed by atoms with Gasteiger partial charge >= 0.3 is 6.03 Å². The molecule has 0 aliphatic carbocycles. The third kappa shape index (κ3) is 1.66. The Labute approximate surface area is 94.2 Å². The lowest BCUT2D eigenvalue weighted by Crippen LogP contribution is -2.34. The van der Waals surface area contributed by atoms with Crippen LogP contribution in [0.5, 0.6) is 0 Å². The fraction of sp³-hybridized carbons (Fsp3) is 0.333. The normalized spacial score (nSPS) is 20.4. The number of hydrogen-bond donors (Lipinski definition) is 1. The summed E-state index contributed by atoms with van der Waals surface area (Å²) in [5.41, 5.74) is 0.619. The van der Waals surface area contributed by atoms with Crippen LogP contribution < -0.4 is 10.2 Å². The molecule has 1 fully saturated rings. The van der Waals surface area contributed by atoms with Crippen LogP contribution in [-0.4, -0.2) is 18.0 Å². The summed E-state index contributed by atoms with van der Waals surface area (Å²) in [4.78, 5) is 24.9. The molecule has 1 aliphatic heterocycles. The van der Waals surface area contributed by atoms with E-state index in [4.69, 9.17) is 0 Å². The summed E-state index contributed by atoms with van der Waals surface area (Å²) in [5, 5.41) is 2.69. The maximum atomic E-state index is 12.0. The molecule has 4 heteroatoms. The molecule has 1 aromatic carbocycles. The number of imide groups is 1. The third-order valence-corrected chi connectivity index (χ3v) is 2.65. The summed E-state index contributed by atoms with van der Waals surface area (Å²) < 4.78 is 0. The number of carbonyl (C=O) groups is 2. The second-order valence-corrected chi connectivity index (χ2v) is 4.18. The van der Waals surface area contributed by atoms with Crippen LogP contribution in [0.4, 0.5) is 10.5 Å². The number of hydrogen-bond acceptors (Lipinski definition) is 2. The van der Waals surface area contributed by atoms with Gasteiger partial charge in [-0.2, -0.15) is 0 Å². The molecule has 0 spiro atoms. The number of urea groups is 1. The van der Waals surface area contributed by atoms with Crippen molar-refractivity contribution in [3.05, 3.63) is 30.3 Å². The lowest BCUT2D eigenvalue weighted by Gasteiger charge is -2.14. The standard InChI is InChI=1S/C12H14N2O2/c1-8(2)10-11(15)14(12(16)13-10)9-6-4-3-5-7-9/h3-8,10H,1-2H3,(H,13,16)/t10-/m0/s1. The highest BCUT2D eigenvalue weighted by Crippen LogP contribution is 2.21. The van der Waals surface area contributed by atoms with Crippen LogP contribution in [0.1, 0.15) is 13.8 Å². The molecular weight excluding hydrogens is 204 g/mol. The second kappa shape index (κ2) is 3.96. The Bertz CT molecular complexity index is 414. The van der Waals surface area contributed by atoms with Crippen molar-refractivity contribution in [2.75, 3.05) is 4.90 Å². The van der Waals surface area contributed by atoms with Crippen molar-refractivity contribution >= 4 is 17.6 Å². The van der Waals surface area contributed by atoms with E-state index in [1.54, 1.807) is 24.3 Å². The van der Waals surface area contributed by atoms with Crippen LogP contribution in [-0.2, 0) is 4.79 Å². The zero-order valence-electron chi connectivity index (χ0n) is 9.31. The summed E-state index contributed by atoms with van der Waals surface area (Å²) >= 11 is 0. The van der Waals surface area contributed by atoms with E-state index in [9.17, 15) is 9.59 Å². The second-order valence-electron chi connectivity index (χ2n) is 4.18. The molecule has 2 rings (SSSR count). The Balaban J connectivity index is 2.30. The van der Waals surface area contributed by atoms with E-state index in [1.165, 1.54) is 4.90 Å². The van der Waals surface area contributed by atoms with Crippen molar-refractivity contribution in [3.63, 3.8) is 0 Å². The predicted octanol–water partition coefficient (Wildman–Crippen LogP) is 1.77. The van der Waals surface area contributed by atoms with Gasteiger partial charge in [0.25, 0.3) is 5.91 Å². The number of nitrogens with one attached hydrogen (secondary N) is 1. The molecule has 4 nitrogen and oxygen atoms in total. The molecule has 1 saturated heterocycles. The molecule has 0 radical (unpaired) electrons. The van der Waals surface area contributed by atoms with Gasteiger partial charge in [-0.25, -0.2) is 9.69 Å². The molecular formula is C12H14N2O2. The van der Waals surface area contributed by atoms with Crippen LogP contribution in [0.25, 0.3) is 0 Å². The average Bonchev–Trinajstić information content (AvgIpc) is 2.56. The van der Waals surface area contributed by atoms with Gasteiger partial charge < -0.3 is 5.32 Å². The molecule has 0 saturated carbocycles. The van der Waals surface area contributed by atoms with Crippen molar-refractivity contribution in [3.8, 4) is 0 Å². The van der Waals surface area contributed by atoms with Gasteiger partial charge in [0.2, 0.25) is 0 Å². The van der Waals surface area contributed by atoms with E-state index < -0.39 is 6.04 Å². The summed E-state index contributed by atoms with van der Waals surface area (Å²) in [6.45, 7) is 3.83. The maximum Gasteiger partial charge on any atom is 0.329 e. The molecule has 1 atom stereocenters. The van der Waals surface area contributed by atoms with Crippen molar-refractivity contribution < 1.29 is 9.59 Å². The zero-order valence-corrected chi connectivity index (χ0v) is 9.31. The number of carbonyl (C=O) groups excluding carboxylic acids is 2. The lowest BCUT2D eigenvalue weighted by atomic mass is 10.1. The summed E-state index contributed by atoms with van der Waals surface area (Å²) in [5.74, 6) is -0.0728. The number of amides is 3. The fourth-order valence-corrected chi connectivity index (χ4v) is 1.77. The molecule has 0 aromatic heterocycles. The van der Waals surface area contributed by atoms with Gasteiger partial charge in [-0.1, -0.05) is 32.0 Å². The van der Waals surface area contributed by atoms with Crippen LogP contribution in [0.2, 0.25) is 0 Å². The minimum atomic E-state index is -0.410. The molecule has 1 N–H and O–H groups in total. The van der Waals surface area contributed by atoms with Crippen molar-refractivity contribution in [1.82, 2.24) is 5.32 Å². The molecule has 84 valence electrons. The largest absolute Gasteiger partial charge is 0.329 e. The Kier molecular flexibility index (Phi) is 2.64. The Morgan fingerprint density at radius 2 is 1.81 bits per heavy atom. The van der Waals surface area contributed by atoms with E-state index in [-0.39, 0.29) is 17.9 Å². The van der Waals surface area contributed by atoms with Gasteiger partial charge in [0.1, 0.15) is 6.04 Å². The van der Waals surface area contributed by atoms with E-state index in [0.29, 0.717) is 5.69 Å². The molecule has 3 amide bonds. The van der Waals surface area contributed by atoms with Crippen LogP contribution >= 0.6 is 0 Å². The number of benzene rings is 1. The highest BCUT2D eigenvalue weighted by molar-refractivity contribution is 6.21. The lowest BCUT2D eigenvalue weighted by molar-refractivity contribution is -0.119. The van der Waals surface area contributed by atoms with Gasteiger partial charge in [-0.3, -0.25) is 4.79 Å². The zero-order chi connectivity index (χ0) is 11.7. The average molecular weight is 218 g/mol. The topological polar surface area (TPSA) is 49.4 Å². The fourth-order valence-electron chi connectivity index (χ4n) is 1.77. The quantitative estimate of drug-likeness (QED) is 0.769. The molecule has 1 heterocycles. The first kappa shape index (κ1) is 10.7. The molecule has 0 bridgehead atoms. The van der Waals surface area contributed by atoms with E-state index in [1.807, 2.05) is 19.9 Å². The van der Waals surface area contributed by atoms with Gasteiger partial charge in [-0.15, -0.1) is 0 Å². The summed E-state index contributed by atoms with van der Waals surface area (Å²) in [6, 6.07) is 8.21. The van der Waals surface area contributed by atoms with E-state index in [2.05, 4.69) is 5.32 Å². The highest BCUT2D eigenvalue weighted by atomic mass is 16.2. The van der Waals surface area contributed by atoms with Gasteiger partial charge in [0, 0.05) is 0 Å². The van der Waals surface area contributed by atoms with E-state index >= 15 is 0 Å². The SMILES string of the molecule is CC(C)[C@@H]1NC(=O)N(c2ccccc2)C1=O. The Hall–Kier alpha value is -1.84. The van der Waals surface area contributed by atoms with Crippen LogP contribution in [0.3, 0.4) is 0 Å². The minimum absolute atomic E-state index is 0.102. The highest BCUT2D eigenvalue weighted by Gasteiger charge is 2.40. The number of para-hydroxylation sites is 1. The Morgan fingerprint density at radius 3 is 2.31 bits per heavy atom. The van der Waals surface area contributed by atoms with Crippen LogP contribution in [0.15, 0.2) is 30.3 Å². The molecule has 1 aromatic rings. The first-order valence-corrected chi connectivity index (χ1v) is 5.31. The smallest absolute Gasteiger partial charge is 0.325 e. The third-order valence-electron chi connectivity index (χ3n) is 2.65. The monoisotopic (exact) mass is 218 g/mol. The number of anilines is 1. The van der Waals surface area contributed by atoms with Crippen molar-refractivity contribution in [2.45, 2.75) is 19.9 Å². The minimum Gasteiger partial charge on any atom is -0.325 e. The first-order chi connectivity index (χ1) is 7.61. The molecule has 16 heavy (non-hydrogen) atoms. The first-order valence-electron chi connectivity index (χ1n) is 5.31. The van der Waals surface area contributed by atoms with Gasteiger partial charge in [-0.05, 0) is 18.1 Å². The van der Waals surface area contributed by atoms with Gasteiger partial charge in [0.05, 0.1) is 5.69 Å². The van der Waals surface area contributed by atoms with Crippen molar-refractivity contribution in [1.29, 1.82) is 0 Å². The maximum absolute atomic E-state index is 12.0. The summed E-state index contributed by atoms with van der Waals surface area (Å²) in [6.07, 6.45) is 0. The molecule has 1 aliphatic rings. The number of nitrogens with zero attached hydrogens (tertiary/aromatic N) is 1. The molecule has 0 unspecified atom stereocenters. The number of rotatable bonds is 2. The van der Waals surface area contributed by atoms with E-state index in [0.717, 1.165) is 0 Å². The van der Waals surface area contributed by atoms with Gasteiger partial charge in [0.15, 0.2) is 0 Å². The summed E-state index contributed by atoms with van der Waals surface area (Å²) in [7, 11) is 0. The van der Waals surface area contributed by atoms with Crippen LogP contribution in [0, 0.1) is 5.92 Å². The predicted molar refractivity (Wildman–Crippen MR) is 61.1 cm³/mol. The Morgan fingerprint density at radius 1 is 1.19 bits per heavy atom.